The third kappa shape index (κ3) is 4.28. The van der Waals surface area contributed by atoms with E-state index in [0.29, 0.717) is 32.2 Å². The van der Waals surface area contributed by atoms with E-state index in [1.165, 1.54) is 0 Å². The van der Waals surface area contributed by atoms with Gasteiger partial charge in [-0.25, -0.2) is 4.98 Å². The van der Waals surface area contributed by atoms with Crippen LogP contribution in [0.15, 0.2) is 24.3 Å². The lowest BCUT2D eigenvalue weighted by atomic mass is 10.2. The molecule has 2 aromatic rings. The number of fused-ring (bicyclic) bond motifs is 1. The lowest BCUT2D eigenvalue weighted by Gasteiger charge is -2.24. The highest BCUT2D eigenvalue weighted by atomic mass is 16.5. The Labute approximate surface area is 157 Å². The van der Waals surface area contributed by atoms with Crippen LogP contribution >= 0.6 is 0 Å². The van der Waals surface area contributed by atoms with Gasteiger partial charge in [0.05, 0.1) is 17.6 Å². The molecule has 0 saturated carbocycles. The fourth-order valence-corrected chi connectivity index (χ4v) is 3.71. The van der Waals surface area contributed by atoms with Crippen molar-refractivity contribution in [3.63, 3.8) is 0 Å². The average molecular weight is 371 g/mol. The van der Waals surface area contributed by atoms with Gasteiger partial charge in [0.15, 0.2) is 0 Å². The van der Waals surface area contributed by atoms with Crippen LogP contribution < -0.4 is 5.32 Å². The first kappa shape index (κ1) is 17.9. The van der Waals surface area contributed by atoms with E-state index in [-0.39, 0.29) is 17.9 Å². The van der Waals surface area contributed by atoms with Crippen LogP contribution in [0.5, 0.6) is 0 Å². The zero-order chi connectivity index (χ0) is 18.6. The minimum absolute atomic E-state index is 0.0982. The van der Waals surface area contributed by atoms with E-state index in [1.54, 1.807) is 0 Å². The maximum atomic E-state index is 12.5. The van der Waals surface area contributed by atoms with E-state index in [0.717, 1.165) is 43.4 Å². The molecule has 2 aliphatic rings. The van der Waals surface area contributed by atoms with Crippen molar-refractivity contribution in [2.24, 2.45) is 0 Å². The van der Waals surface area contributed by atoms with Crippen molar-refractivity contribution in [3.05, 3.63) is 24.3 Å². The fraction of sp³-hybridized carbons (Fsp3) is 0.526. The molecule has 8 heteroatoms. The van der Waals surface area contributed by atoms with Crippen LogP contribution in [0.2, 0.25) is 0 Å². The number of nitrogens with one attached hydrogen (secondary N) is 2. The number of aromatic nitrogens is 2. The number of amides is 2. The predicted octanol–water partition coefficient (Wildman–Crippen LogP) is 1.21. The lowest BCUT2D eigenvalue weighted by Crippen LogP contribution is -2.42. The molecule has 1 aromatic carbocycles. The maximum absolute atomic E-state index is 12.5. The summed E-state index contributed by atoms with van der Waals surface area (Å²) in [5.74, 6) is 0.459. The van der Waals surface area contributed by atoms with Crippen LogP contribution in [0.1, 0.15) is 19.3 Å². The van der Waals surface area contributed by atoms with Crippen LogP contribution in [-0.4, -0.2) is 77.0 Å². The zero-order valence-electron chi connectivity index (χ0n) is 15.3. The minimum Gasteiger partial charge on any atom is -0.368 e. The number of anilines is 1. The van der Waals surface area contributed by atoms with E-state index >= 15 is 0 Å². The molecule has 2 fully saturated rings. The third-order valence-electron chi connectivity index (χ3n) is 5.12. The van der Waals surface area contributed by atoms with Gasteiger partial charge in [-0.05, 0) is 31.4 Å². The van der Waals surface area contributed by atoms with Crippen LogP contribution in [0.25, 0.3) is 11.0 Å². The quantitative estimate of drug-likeness (QED) is 0.843. The number of carbonyl (C=O) groups excluding carboxylic acids is 2. The maximum Gasteiger partial charge on any atom is 0.251 e. The largest absolute Gasteiger partial charge is 0.368 e. The summed E-state index contributed by atoms with van der Waals surface area (Å²) in [6.07, 6.45) is 2.36. The highest BCUT2D eigenvalue weighted by Crippen LogP contribution is 2.16. The van der Waals surface area contributed by atoms with Gasteiger partial charge in [-0.2, -0.15) is 0 Å². The van der Waals surface area contributed by atoms with Crippen molar-refractivity contribution in [3.8, 4) is 0 Å². The number of carbonyl (C=O) groups is 2. The molecule has 2 N–H and O–H groups in total. The normalized spacial score (nSPS) is 21.3. The van der Waals surface area contributed by atoms with Gasteiger partial charge >= 0.3 is 0 Å². The summed E-state index contributed by atoms with van der Waals surface area (Å²) in [6, 6.07) is 7.66. The molecule has 2 saturated heterocycles. The standard InChI is InChI=1S/C19H25N5O3/c25-17(22-19-20-14-5-1-2-6-15(14)21-19)13-23-8-4-9-24(11-10-23)18(26)16-7-3-12-27-16/h1-2,5-6,16H,3-4,7-13H2,(H2,20,21,22,25)/t16-/m1/s1. The van der Waals surface area contributed by atoms with Gasteiger partial charge in [0.1, 0.15) is 6.10 Å². The van der Waals surface area contributed by atoms with E-state index in [9.17, 15) is 9.59 Å². The summed E-state index contributed by atoms with van der Waals surface area (Å²) in [5, 5.41) is 2.83. The Hall–Kier alpha value is -2.45. The molecule has 4 rings (SSSR count). The lowest BCUT2D eigenvalue weighted by molar-refractivity contribution is -0.140. The second kappa shape index (κ2) is 8.06. The molecule has 2 aliphatic heterocycles. The number of ether oxygens (including phenoxy) is 1. The summed E-state index contributed by atoms with van der Waals surface area (Å²) in [6.45, 7) is 3.81. The van der Waals surface area contributed by atoms with Crippen molar-refractivity contribution in [1.82, 2.24) is 19.8 Å². The van der Waals surface area contributed by atoms with Gasteiger partial charge < -0.3 is 14.6 Å². The first-order chi connectivity index (χ1) is 13.2. The molecule has 144 valence electrons. The Morgan fingerprint density at radius 1 is 1.19 bits per heavy atom. The van der Waals surface area contributed by atoms with Crippen molar-refractivity contribution in [1.29, 1.82) is 0 Å². The zero-order valence-corrected chi connectivity index (χ0v) is 15.3. The van der Waals surface area contributed by atoms with Crippen LogP contribution in [0.3, 0.4) is 0 Å². The number of para-hydroxylation sites is 2. The third-order valence-corrected chi connectivity index (χ3v) is 5.12. The molecule has 0 unspecified atom stereocenters. The van der Waals surface area contributed by atoms with Gasteiger partial charge in [-0.3, -0.25) is 19.8 Å². The Morgan fingerprint density at radius 2 is 2.07 bits per heavy atom. The molecular formula is C19H25N5O3. The first-order valence-corrected chi connectivity index (χ1v) is 9.56. The number of hydrogen-bond acceptors (Lipinski definition) is 5. The summed E-state index contributed by atoms with van der Waals surface area (Å²) in [4.78, 5) is 36.3. The summed E-state index contributed by atoms with van der Waals surface area (Å²) in [5.41, 5.74) is 1.72. The SMILES string of the molecule is O=C(CN1CCCN(C(=O)[C@H]2CCCO2)CC1)Nc1nc2ccccc2[nH]1. The van der Waals surface area contributed by atoms with E-state index in [1.807, 2.05) is 29.2 Å². The van der Waals surface area contributed by atoms with Gasteiger partial charge in [-0.1, -0.05) is 12.1 Å². The number of benzene rings is 1. The summed E-state index contributed by atoms with van der Waals surface area (Å²) < 4.78 is 5.51. The highest BCUT2D eigenvalue weighted by Gasteiger charge is 2.29. The van der Waals surface area contributed by atoms with Gasteiger partial charge in [-0.15, -0.1) is 0 Å². The van der Waals surface area contributed by atoms with Gasteiger partial charge in [0.25, 0.3) is 5.91 Å². The van der Waals surface area contributed by atoms with Crippen molar-refractivity contribution in [2.75, 3.05) is 44.6 Å². The Kier molecular flexibility index (Phi) is 5.35. The van der Waals surface area contributed by atoms with E-state index in [2.05, 4.69) is 20.2 Å². The summed E-state index contributed by atoms with van der Waals surface area (Å²) in [7, 11) is 0. The fourth-order valence-electron chi connectivity index (χ4n) is 3.71. The Balaban J connectivity index is 1.29. The van der Waals surface area contributed by atoms with Gasteiger partial charge in [0, 0.05) is 32.8 Å². The molecule has 3 heterocycles. The molecule has 8 nitrogen and oxygen atoms in total. The van der Waals surface area contributed by atoms with Crippen molar-refractivity contribution >= 4 is 28.8 Å². The smallest absolute Gasteiger partial charge is 0.251 e. The average Bonchev–Trinajstić information content (AvgIpc) is 3.27. The molecule has 0 bridgehead atoms. The van der Waals surface area contributed by atoms with Crippen LogP contribution in [-0.2, 0) is 14.3 Å². The second-order valence-corrected chi connectivity index (χ2v) is 7.11. The molecule has 0 spiro atoms. The first-order valence-electron chi connectivity index (χ1n) is 9.56. The molecule has 0 radical (unpaired) electrons. The summed E-state index contributed by atoms with van der Waals surface area (Å²) >= 11 is 0. The molecule has 1 aromatic heterocycles. The van der Waals surface area contributed by atoms with Crippen molar-refractivity contribution < 1.29 is 14.3 Å². The number of rotatable bonds is 4. The molecule has 0 aliphatic carbocycles. The number of nitrogens with zero attached hydrogens (tertiary/aromatic N) is 3. The van der Waals surface area contributed by atoms with E-state index in [4.69, 9.17) is 4.74 Å². The molecule has 2 amide bonds. The minimum atomic E-state index is -0.270. The van der Waals surface area contributed by atoms with Gasteiger partial charge in [0.2, 0.25) is 11.9 Å². The Bertz CT molecular complexity index is 782. The molecular weight excluding hydrogens is 346 g/mol. The second-order valence-electron chi connectivity index (χ2n) is 7.11. The number of imidazole rings is 1. The number of aromatic amines is 1. The number of hydrogen-bond donors (Lipinski definition) is 2. The Morgan fingerprint density at radius 3 is 2.89 bits per heavy atom. The van der Waals surface area contributed by atoms with E-state index < -0.39 is 0 Å². The molecule has 1 atom stereocenters. The topological polar surface area (TPSA) is 90.6 Å². The van der Waals surface area contributed by atoms with Crippen molar-refractivity contribution in [2.45, 2.75) is 25.4 Å². The van der Waals surface area contributed by atoms with Crippen LogP contribution in [0.4, 0.5) is 5.95 Å². The molecule has 27 heavy (non-hydrogen) atoms. The highest BCUT2D eigenvalue weighted by molar-refractivity contribution is 5.92. The number of H-pyrrole nitrogens is 1. The predicted molar refractivity (Wildman–Crippen MR) is 101 cm³/mol. The van der Waals surface area contributed by atoms with Crippen LogP contribution in [0, 0.1) is 0 Å². The monoisotopic (exact) mass is 371 g/mol.